The van der Waals surface area contributed by atoms with Crippen molar-refractivity contribution in [1.29, 1.82) is 0 Å². The average molecular weight is 462 g/mol. The largest absolute Gasteiger partial charge is 0.493 e. The molecule has 0 spiro atoms. The smallest absolute Gasteiger partial charge is 0.279 e. The average Bonchev–Trinajstić information content (AvgIpc) is 3.29. The number of aromatic nitrogens is 3. The highest BCUT2D eigenvalue weighted by Gasteiger charge is 2.29. The molecule has 0 N–H and O–H groups in total. The van der Waals surface area contributed by atoms with Crippen molar-refractivity contribution in [2.75, 3.05) is 44.2 Å². The van der Waals surface area contributed by atoms with Crippen LogP contribution < -0.4 is 19.3 Å². The van der Waals surface area contributed by atoms with Crippen LogP contribution in [-0.2, 0) is 0 Å². The van der Waals surface area contributed by atoms with E-state index in [0.717, 1.165) is 29.6 Å². The number of nitrogens with zero attached hydrogens (tertiary/aromatic N) is 5. The molecule has 2 aromatic carbocycles. The normalized spacial score (nSPS) is 13.5. The molecule has 2 aromatic heterocycles. The van der Waals surface area contributed by atoms with E-state index in [1.807, 2.05) is 49.5 Å². The zero-order chi connectivity index (χ0) is 22.9. The van der Waals surface area contributed by atoms with Gasteiger partial charge in [-0.1, -0.05) is 18.2 Å². The maximum Gasteiger partial charge on any atom is 0.279 e. The lowest BCUT2D eigenvalue weighted by molar-refractivity contribution is 0.0982. The molecule has 0 atom stereocenters. The molecule has 0 saturated carbocycles. The summed E-state index contributed by atoms with van der Waals surface area (Å²) in [6.45, 7) is 1.33. The van der Waals surface area contributed by atoms with Crippen LogP contribution in [0.1, 0.15) is 16.9 Å². The number of hydrogen-bond donors (Lipinski definition) is 0. The van der Waals surface area contributed by atoms with E-state index in [9.17, 15) is 4.79 Å². The molecule has 168 valence electrons. The minimum absolute atomic E-state index is 0.194. The molecule has 0 bridgehead atoms. The van der Waals surface area contributed by atoms with Gasteiger partial charge in [-0.2, -0.15) is 0 Å². The number of fused-ring (bicyclic) bond motifs is 2. The molecule has 1 amide bonds. The Balaban J connectivity index is 1.55. The summed E-state index contributed by atoms with van der Waals surface area (Å²) in [6.07, 6.45) is 0.803. The summed E-state index contributed by atoms with van der Waals surface area (Å²) in [5.74, 6) is 2.27. The molecule has 8 nitrogen and oxygen atoms in total. The van der Waals surface area contributed by atoms with Gasteiger partial charge in [-0.05, 0) is 30.7 Å². The number of benzene rings is 2. The summed E-state index contributed by atoms with van der Waals surface area (Å²) in [5, 5.41) is 2.46. The Bertz CT molecular complexity index is 1340. The highest BCUT2D eigenvalue weighted by molar-refractivity contribution is 7.13. The van der Waals surface area contributed by atoms with E-state index in [1.165, 1.54) is 11.3 Å². The molecule has 0 unspecified atom stereocenters. The zero-order valence-corrected chi connectivity index (χ0v) is 19.4. The van der Waals surface area contributed by atoms with Gasteiger partial charge in [0, 0.05) is 25.5 Å². The molecular weight excluding hydrogens is 438 g/mol. The second-order valence-corrected chi connectivity index (χ2v) is 8.53. The first-order chi connectivity index (χ1) is 16.1. The molecule has 0 saturated heterocycles. The van der Waals surface area contributed by atoms with Crippen LogP contribution >= 0.6 is 11.3 Å². The first-order valence-electron chi connectivity index (χ1n) is 10.6. The molecular formula is C24H23N5O3S. The minimum atomic E-state index is -0.194. The molecule has 33 heavy (non-hydrogen) atoms. The lowest BCUT2D eigenvalue weighted by Crippen LogP contribution is -2.32. The number of carbonyl (C=O) groups excluding carboxylic acids is 1. The Kier molecular flexibility index (Phi) is 5.55. The van der Waals surface area contributed by atoms with Crippen LogP contribution in [0, 0.1) is 0 Å². The number of ether oxygens (including phenoxy) is 2. The number of methoxy groups -OCH3 is 2. The van der Waals surface area contributed by atoms with Gasteiger partial charge < -0.3 is 14.4 Å². The van der Waals surface area contributed by atoms with Crippen molar-refractivity contribution in [2.24, 2.45) is 0 Å². The maximum atomic E-state index is 13.6. The third kappa shape index (κ3) is 3.74. The molecule has 3 heterocycles. The molecule has 5 rings (SSSR count). The first-order valence-corrected chi connectivity index (χ1v) is 11.5. The van der Waals surface area contributed by atoms with Crippen LogP contribution in [0.4, 0.5) is 11.6 Å². The topological polar surface area (TPSA) is 80.7 Å². The van der Waals surface area contributed by atoms with Crippen LogP contribution in [0.5, 0.6) is 11.5 Å². The predicted octanol–water partition coefficient (Wildman–Crippen LogP) is 4.26. The molecule has 0 aliphatic carbocycles. The van der Waals surface area contributed by atoms with Crippen molar-refractivity contribution in [2.45, 2.75) is 6.42 Å². The minimum Gasteiger partial charge on any atom is -0.493 e. The number of carbonyl (C=O) groups is 1. The summed E-state index contributed by atoms with van der Waals surface area (Å²) in [7, 11) is 5.16. The van der Waals surface area contributed by atoms with E-state index >= 15 is 0 Å². The van der Waals surface area contributed by atoms with E-state index in [4.69, 9.17) is 19.4 Å². The van der Waals surface area contributed by atoms with Gasteiger partial charge in [0.2, 0.25) is 0 Å². The fourth-order valence-electron chi connectivity index (χ4n) is 3.98. The van der Waals surface area contributed by atoms with Gasteiger partial charge in [-0.15, -0.1) is 11.3 Å². The molecule has 0 fully saturated rings. The third-order valence-corrected chi connectivity index (χ3v) is 6.50. The highest BCUT2D eigenvalue weighted by atomic mass is 32.1. The summed E-state index contributed by atoms with van der Waals surface area (Å²) >= 11 is 1.39. The Morgan fingerprint density at radius 2 is 1.70 bits per heavy atom. The van der Waals surface area contributed by atoms with E-state index in [2.05, 4.69) is 9.88 Å². The lowest BCUT2D eigenvalue weighted by atomic mass is 10.2. The van der Waals surface area contributed by atoms with E-state index in [1.54, 1.807) is 24.5 Å². The van der Waals surface area contributed by atoms with Gasteiger partial charge >= 0.3 is 0 Å². The second-order valence-electron chi connectivity index (χ2n) is 7.67. The molecule has 4 aromatic rings. The quantitative estimate of drug-likeness (QED) is 0.449. The van der Waals surface area contributed by atoms with Crippen molar-refractivity contribution in [3.8, 4) is 22.1 Å². The standard InChI is InChI=1S/C24H23N5O3S/c1-28-12-7-13-29(22-21(28)25-16-9-4-5-10-17(16)26-22)24(30)18-14-33-23(27-18)15-8-6-11-19(31-2)20(15)32-3/h4-6,8-11,14H,7,12-13H2,1-3H3. The number of anilines is 2. The number of para-hydroxylation sites is 3. The maximum absolute atomic E-state index is 13.6. The SMILES string of the molecule is COc1cccc(-c2nc(C(=O)N3CCCN(C)c4nc5ccccc5nc43)cs2)c1OC. The van der Waals surface area contributed by atoms with Gasteiger partial charge in [0.1, 0.15) is 10.7 Å². The van der Waals surface area contributed by atoms with E-state index in [-0.39, 0.29) is 5.91 Å². The van der Waals surface area contributed by atoms with Gasteiger partial charge in [-0.25, -0.2) is 15.0 Å². The number of rotatable bonds is 4. The summed E-state index contributed by atoms with van der Waals surface area (Å²) in [6, 6.07) is 13.3. The van der Waals surface area contributed by atoms with Gasteiger partial charge in [0.25, 0.3) is 5.91 Å². The van der Waals surface area contributed by atoms with Crippen LogP contribution in [0.15, 0.2) is 47.8 Å². The summed E-state index contributed by atoms with van der Waals surface area (Å²) in [4.78, 5) is 31.6. The Morgan fingerprint density at radius 1 is 0.939 bits per heavy atom. The van der Waals surface area contributed by atoms with Crippen molar-refractivity contribution >= 4 is 39.9 Å². The molecule has 9 heteroatoms. The number of thiazole rings is 1. The van der Waals surface area contributed by atoms with Crippen molar-refractivity contribution in [1.82, 2.24) is 15.0 Å². The number of amides is 1. The zero-order valence-electron chi connectivity index (χ0n) is 18.6. The molecule has 1 aliphatic rings. The van der Waals surface area contributed by atoms with Crippen LogP contribution in [0.25, 0.3) is 21.6 Å². The fourth-order valence-corrected chi connectivity index (χ4v) is 4.80. The first kappa shape index (κ1) is 21.1. The van der Waals surface area contributed by atoms with Crippen molar-refractivity contribution in [3.63, 3.8) is 0 Å². The Labute approximate surface area is 195 Å². The lowest BCUT2D eigenvalue weighted by Gasteiger charge is -2.22. The van der Waals surface area contributed by atoms with Crippen molar-refractivity contribution < 1.29 is 14.3 Å². The molecule has 0 radical (unpaired) electrons. The highest BCUT2D eigenvalue weighted by Crippen LogP contribution is 2.39. The van der Waals surface area contributed by atoms with Crippen LogP contribution in [-0.4, -0.2) is 55.2 Å². The van der Waals surface area contributed by atoms with Gasteiger partial charge in [0.05, 0.1) is 30.8 Å². The molecule has 1 aliphatic heterocycles. The van der Waals surface area contributed by atoms with E-state index in [0.29, 0.717) is 40.4 Å². The second kappa shape index (κ2) is 8.67. The van der Waals surface area contributed by atoms with Gasteiger partial charge in [-0.3, -0.25) is 9.69 Å². The Hall–Kier alpha value is -3.72. The third-order valence-electron chi connectivity index (χ3n) is 5.63. The monoisotopic (exact) mass is 461 g/mol. The van der Waals surface area contributed by atoms with Crippen LogP contribution in [0.3, 0.4) is 0 Å². The summed E-state index contributed by atoms with van der Waals surface area (Å²) < 4.78 is 10.9. The summed E-state index contributed by atoms with van der Waals surface area (Å²) in [5.41, 5.74) is 2.70. The Morgan fingerprint density at radius 3 is 2.42 bits per heavy atom. The number of hydrogen-bond acceptors (Lipinski definition) is 8. The van der Waals surface area contributed by atoms with Crippen LogP contribution in [0.2, 0.25) is 0 Å². The van der Waals surface area contributed by atoms with Crippen molar-refractivity contribution in [3.05, 3.63) is 53.5 Å². The van der Waals surface area contributed by atoms with Gasteiger partial charge in [0.15, 0.2) is 23.1 Å². The predicted molar refractivity (Wildman–Crippen MR) is 130 cm³/mol. The van der Waals surface area contributed by atoms with E-state index < -0.39 is 0 Å². The fraction of sp³-hybridized carbons (Fsp3) is 0.250.